The molecule has 5 nitrogen and oxygen atoms in total. The van der Waals surface area contributed by atoms with Gasteiger partial charge in [0, 0.05) is 19.4 Å². The number of nitrogens with one attached hydrogen (secondary N) is 2. The maximum absolute atomic E-state index is 12.0. The van der Waals surface area contributed by atoms with Gasteiger partial charge < -0.3 is 15.7 Å². The highest BCUT2D eigenvalue weighted by molar-refractivity contribution is 7.18. The zero-order chi connectivity index (χ0) is 16.1. The standard InChI is InChI=1S/C17H23N3O2S/c21-15(19-12-17(22)8-3-10-18-11-9-17)6-7-16-20-13-4-1-2-5-14(13)23-16/h1-2,4-5,18,22H,3,6-12H2,(H,19,21)/t17-/m0/s1. The summed E-state index contributed by atoms with van der Waals surface area (Å²) >= 11 is 1.64. The molecule has 1 aromatic carbocycles. The van der Waals surface area contributed by atoms with E-state index in [2.05, 4.69) is 15.6 Å². The average molecular weight is 333 g/mol. The summed E-state index contributed by atoms with van der Waals surface area (Å²) in [5.74, 6) is -0.0186. The number of fused-ring (bicyclic) bond motifs is 1. The lowest BCUT2D eigenvalue weighted by atomic mass is 9.95. The summed E-state index contributed by atoms with van der Waals surface area (Å²) in [5.41, 5.74) is 0.225. The predicted molar refractivity (Wildman–Crippen MR) is 92.6 cm³/mol. The SMILES string of the molecule is O=C(CCc1nc2ccccc2s1)NC[C@]1(O)CCCNCC1. The van der Waals surface area contributed by atoms with E-state index >= 15 is 0 Å². The molecule has 0 saturated carbocycles. The van der Waals surface area contributed by atoms with Crippen LogP contribution in [-0.4, -0.2) is 41.2 Å². The lowest BCUT2D eigenvalue weighted by Crippen LogP contribution is -2.43. The maximum Gasteiger partial charge on any atom is 0.220 e. The number of aryl methyl sites for hydroxylation is 1. The Balaban J connectivity index is 1.47. The Bertz CT molecular complexity index is 630. The Morgan fingerprint density at radius 1 is 1.35 bits per heavy atom. The molecule has 2 aromatic rings. The van der Waals surface area contributed by atoms with Crippen molar-refractivity contribution in [3.8, 4) is 0 Å². The Morgan fingerprint density at radius 2 is 2.22 bits per heavy atom. The monoisotopic (exact) mass is 333 g/mol. The van der Waals surface area contributed by atoms with Crippen molar-refractivity contribution >= 4 is 27.5 Å². The van der Waals surface area contributed by atoms with E-state index in [-0.39, 0.29) is 5.91 Å². The zero-order valence-electron chi connectivity index (χ0n) is 13.2. The topological polar surface area (TPSA) is 74.2 Å². The molecular formula is C17H23N3O2S. The van der Waals surface area contributed by atoms with Crippen LogP contribution in [0.2, 0.25) is 0 Å². The first-order valence-electron chi connectivity index (χ1n) is 8.19. The maximum atomic E-state index is 12.0. The van der Waals surface area contributed by atoms with E-state index in [0.717, 1.165) is 41.2 Å². The molecule has 6 heteroatoms. The lowest BCUT2D eigenvalue weighted by molar-refractivity contribution is -0.122. The summed E-state index contributed by atoms with van der Waals surface area (Å²) < 4.78 is 1.16. The van der Waals surface area contributed by atoms with Crippen molar-refractivity contribution in [2.75, 3.05) is 19.6 Å². The third-order valence-corrected chi connectivity index (χ3v) is 5.38. The third-order valence-electron chi connectivity index (χ3n) is 4.28. The molecule has 0 unspecified atom stereocenters. The number of nitrogens with zero attached hydrogens (tertiary/aromatic N) is 1. The van der Waals surface area contributed by atoms with Crippen LogP contribution in [-0.2, 0) is 11.2 Å². The van der Waals surface area contributed by atoms with Gasteiger partial charge in [0.25, 0.3) is 0 Å². The third kappa shape index (κ3) is 4.50. The van der Waals surface area contributed by atoms with Crippen LogP contribution in [0.25, 0.3) is 10.2 Å². The van der Waals surface area contributed by atoms with Gasteiger partial charge in [-0.15, -0.1) is 11.3 Å². The number of amides is 1. The summed E-state index contributed by atoms with van der Waals surface area (Å²) in [6, 6.07) is 8.01. The number of rotatable bonds is 5. The van der Waals surface area contributed by atoms with Gasteiger partial charge in [-0.05, 0) is 44.5 Å². The highest BCUT2D eigenvalue weighted by Gasteiger charge is 2.28. The van der Waals surface area contributed by atoms with Gasteiger partial charge in [-0.25, -0.2) is 4.98 Å². The summed E-state index contributed by atoms with van der Waals surface area (Å²) in [6.07, 6.45) is 3.42. The Kier molecular flexibility index (Phi) is 5.25. The van der Waals surface area contributed by atoms with Gasteiger partial charge >= 0.3 is 0 Å². The van der Waals surface area contributed by atoms with Crippen molar-refractivity contribution in [3.05, 3.63) is 29.3 Å². The molecule has 3 rings (SSSR count). The van der Waals surface area contributed by atoms with Gasteiger partial charge in [-0.3, -0.25) is 4.79 Å². The number of aliphatic hydroxyl groups is 1. The molecule has 0 spiro atoms. The molecule has 3 N–H and O–H groups in total. The number of benzene rings is 1. The number of thiazole rings is 1. The minimum absolute atomic E-state index is 0.0186. The number of hydrogen-bond donors (Lipinski definition) is 3. The van der Waals surface area contributed by atoms with Crippen molar-refractivity contribution in [2.45, 2.75) is 37.7 Å². The molecule has 1 saturated heterocycles. The number of para-hydroxylation sites is 1. The van der Waals surface area contributed by atoms with Crippen LogP contribution >= 0.6 is 11.3 Å². The molecule has 1 amide bonds. The highest BCUT2D eigenvalue weighted by atomic mass is 32.1. The van der Waals surface area contributed by atoms with Crippen LogP contribution in [0.15, 0.2) is 24.3 Å². The fourth-order valence-corrected chi connectivity index (χ4v) is 3.86. The molecule has 1 aliphatic heterocycles. The Morgan fingerprint density at radius 3 is 3.09 bits per heavy atom. The largest absolute Gasteiger partial charge is 0.388 e. The molecule has 0 radical (unpaired) electrons. The fraction of sp³-hybridized carbons (Fsp3) is 0.529. The van der Waals surface area contributed by atoms with Crippen molar-refractivity contribution in [1.29, 1.82) is 0 Å². The second-order valence-electron chi connectivity index (χ2n) is 6.18. The molecule has 1 fully saturated rings. The molecule has 23 heavy (non-hydrogen) atoms. The van der Waals surface area contributed by atoms with Gasteiger partial charge in [0.2, 0.25) is 5.91 Å². The average Bonchev–Trinajstić information content (AvgIpc) is 2.85. The molecule has 0 bridgehead atoms. The molecule has 1 aromatic heterocycles. The van der Waals surface area contributed by atoms with Crippen LogP contribution in [0, 0.1) is 0 Å². The number of hydrogen-bond acceptors (Lipinski definition) is 5. The second-order valence-corrected chi connectivity index (χ2v) is 7.30. The van der Waals surface area contributed by atoms with Crippen LogP contribution in [0.1, 0.15) is 30.7 Å². The van der Waals surface area contributed by atoms with Crippen molar-refractivity contribution in [2.24, 2.45) is 0 Å². The van der Waals surface area contributed by atoms with Crippen molar-refractivity contribution < 1.29 is 9.90 Å². The lowest BCUT2D eigenvalue weighted by Gasteiger charge is -2.26. The molecule has 1 atom stereocenters. The first-order valence-corrected chi connectivity index (χ1v) is 9.01. The summed E-state index contributed by atoms with van der Waals surface area (Å²) in [4.78, 5) is 16.6. The van der Waals surface area contributed by atoms with Crippen LogP contribution < -0.4 is 10.6 Å². The second kappa shape index (κ2) is 7.38. The molecule has 1 aliphatic rings. The van der Waals surface area contributed by atoms with E-state index in [9.17, 15) is 9.90 Å². The van der Waals surface area contributed by atoms with Gasteiger partial charge in [0.05, 0.1) is 20.8 Å². The smallest absolute Gasteiger partial charge is 0.220 e. The minimum atomic E-state index is -0.769. The highest BCUT2D eigenvalue weighted by Crippen LogP contribution is 2.22. The number of carbonyl (C=O) groups excluding carboxylic acids is 1. The quantitative estimate of drug-likeness (QED) is 0.781. The predicted octanol–water partition coefficient (Wildman–Crippen LogP) is 1.85. The first kappa shape index (κ1) is 16.4. The van der Waals surface area contributed by atoms with Gasteiger partial charge in [-0.1, -0.05) is 12.1 Å². The van der Waals surface area contributed by atoms with Gasteiger partial charge in [0.1, 0.15) is 0 Å². The van der Waals surface area contributed by atoms with E-state index in [4.69, 9.17) is 0 Å². The minimum Gasteiger partial charge on any atom is -0.388 e. The first-order chi connectivity index (χ1) is 11.1. The van der Waals surface area contributed by atoms with Crippen molar-refractivity contribution in [1.82, 2.24) is 15.6 Å². The van der Waals surface area contributed by atoms with Crippen LogP contribution in [0.3, 0.4) is 0 Å². The Hall–Kier alpha value is -1.50. The zero-order valence-corrected chi connectivity index (χ0v) is 14.0. The molecule has 0 aliphatic carbocycles. The fourth-order valence-electron chi connectivity index (χ4n) is 2.89. The van der Waals surface area contributed by atoms with E-state index in [1.165, 1.54) is 0 Å². The van der Waals surface area contributed by atoms with Crippen LogP contribution in [0.4, 0.5) is 0 Å². The van der Waals surface area contributed by atoms with E-state index in [1.807, 2.05) is 24.3 Å². The summed E-state index contributed by atoms with van der Waals surface area (Å²) in [5, 5.41) is 17.7. The van der Waals surface area contributed by atoms with E-state index < -0.39 is 5.60 Å². The summed E-state index contributed by atoms with van der Waals surface area (Å²) in [6.45, 7) is 2.08. The van der Waals surface area contributed by atoms with Gasteiger partial charge in [-0.2, -0.15) is 0 Å². The number of carbonyl (C=O) groups is 1. The van der Waals surface area contributed by atoms with E-state index in [1.54, 1.807) is 11.3 Å². The van der Waals surface area contributed by atoms with Crippen molar-refractivity contribution in [3.63, 3.8) is 0 Å². The normalized spacial score (nSPS) is 22.0. The molecular weight excluding hydrogens is 310 g/mol. The van der Waals surface area contributed by atoms with Crippen LogP contribution in [0.5, 0.6) is 0 Å². The Labute approximate surface area is 140 Å². The molecule has 2 heterocycles. The van der Waals surface area contributed by atoms with Gasteiger partial charge in [0.15, 0.2) is 0 Å². The van der Waals surface area contributed by atoms with E-state index in [0.29, 0.717) is 25.8 Å². The number of aromatic nitrogens is 1. The summed E-state index contributed by atoms with van der Waals surface area (Å²) in [7, 11) is 0. The molecule has 124 valence electrons.